The molecule has 6 heteroatoms. The quantitative estimate of drug-likeness (QED) is 0.784. The minimum atomic E-state index is 0. The molecule has 2 aromatic heterocycles. The molecular formula is C14H15N5S. The number of aryl methyl sites for hydroxylation is 1. The van der Waals surface area contributed by atoms with Crippen molar-refractivity contribution < 1.29 is 0 Å². The average molecular weight is 285 g/mol. The molecule has 1 unspecified atom stereocenters. The highest BCUT2D eigenvalue weighted by Gasteiger charge is 2.32. The summed E-state index contributed by atoms with van der Waals surface area (Å²) in [5.74, 6) is 1.55. The summed E-state index contributed by atoms with van der Waals surface area (Å²) in [7, 11) is 0. The number of nitrogens with one attached hydrogen (secondary N) is 1. The van der Waals surface area contributed by atoms with Crippen LogP contribution in [0.1, 0.15) is 24.3 Å². The Hall–Kier alpha value is -2.21. The number of hydrogen-bond donors (Lipinski definition) is 1. The van der Waals surface area contributed by atoms with Gasteiger partial charge in [0.05, 0.1) is 0 Å². The molecule has 3 heterocycles. The van der Waals surface area contributed by atoms with E-state index in [9.17, 15) is 0 Å². The molecule has 0 amide bonds. The van der Waals surface area contributed by atoms with Crippen LogP contribution in [-0.4, -0.2) is 19.7 Å². The highest BCUT2D eigenvalue weighted by atomic mass is 32.1. The molecule has 1 aliphatic heterocycles. The number of aromatic nitrogens is 4. The van der Waals surface area contributed by atoms with Crippen molar-refractivity contribution in [3.05, 3.63) is 46.4 Å². The van der Waals surface area contributed by atoms with Crippen molar-refractivity contribution in [3.63, 3.8) is 0 Å². The van der Waals surface area contributed by atoms with Gasteiger partial charge in [-0.05, 0) is 6.92 Å². The van der Waals surface area contributed by atoms with E-state index in [4.69, 9.17) is 0 Å². The van der Waals surface area contributed by atoms with E-state index in [1.165, 1.54) is 0 Å². The first-order valence-corrected chi connectivity index (χ1v) is 6.90. The second-order valence-corrected chi connectivity index (χ2v) is 5.33. The highest BCUT2D eigenvalue weighted by Crippen LogP contribution is 2.34. The lowest BCUT2D eigenvalue weighted by Crippen LogP contribution is -2.32. The van der Waals surface area contributed by atoms with Crippen LogP contribution in [0.15, 0.2) is 35.7 Å². The Bertz CT molecular complexity index is 731. The number of fused-ring (bicyclic) bond motifs is 1. The Morgan fingerprint density at radius 3 is 2.70 bits per heavy atom. The lowest BCUT2D eigenvalue weighted by Gasteiger charge is -2.26. The fourth-order valence-corrected chi connectivity index (χ4v) is 2.92. The zero-order valence-corrected chi connectivity index (χ0v) is 11.1. The maximum absolute atomic E-state index is 4.54. The van der Waals surface area contributed by atoms with E-state index in [0.29, 0.717) is 0 Å². The maximum Gasteiger partial charge on any atom is 0.226 e. The van der Waals surface area contributed by atoms with E-state index in [0.717, 1.165) is 28.0 Å². The Labute approximate surface area is 121 Å². The number of thiazole rings is 1. The van der Waals surface area contributed by atoms with Crippen molar-refractivity contribution in [1.29, 1.82) is 0 Å². The van der Waals surface area contributed by atoms with Crippen LogP contribution >= 0.6 is 11.3 Å². The van der Waals surface area contributed by atoms with Crippen molar-refractivity contribution >= 4 is 17.3 Å². The Morgan fingerprint density at radius 1 is 1.20 bits per heavy atom. The highest BCUT2D eigenvalue weighted by molar-refractivity contribution is 7.09. The van der Waals surface area contributed by atoms with Crippen LogP contribution in [0.5, 0.6) is 0 Å². The third-order valence-corrected chi connectivity index (χ3v) is 4.06. The van der Waals surface area contributed by atoms with Gasteiger partial charge in [0.25, 0.3) is 0 Å². The number of rotatable bonds is 2. The van der Waals surface area contributed by atoms with E-state index in [-0.39, 0.29) is 13.6 Å². The fourth-order valence-electron chi connectivity index (χ4n) is 2.09. The molecule has 102 valence electrons. The van der Waals surface area contributed by atoms with Crippen LogP contribution in [0.3, 0.4) is 0 Å². The Balaban J connectivity index is 0.00000121. The van der Waals surface area contributed by atoms with Crippen LogP contribution in [0.2, 0.25) is 0 Å². The zero-order valence-electron chi connectivity index (χ0n) is 10.2. The molecule has 4 rings (SSSR count). The molecule has 1 aromatic carbocycles. The summed E-state index contributed by atoms with van der Waals surface area (Å²) in [6.45, 7) is 2.00. The van der Waals surface area contributed by atoms with Gasteiger partial charge in [-0.1, -0.05) is 37.8 Å². The Morgan fingerprint density at radius 2 is 2.00 bits per heavy atom. The largest absolute Gasteiger partial charge is 0.327 e. The third-order valence-electron chi connectivity index (χ3n) is 3.04. The zero-order chi connectivity index (χ0) is 12.8. The molecule has 5 nitrogen and oxygen atoms in total. The van der Waals surface area contributed by atoms with Crippen molar-refractivity contribution in [2.45, 2.75) is 20.5 Å². The summed E-state index contributed by atoms with van der Waals surface area (Å²) in [6.07, 6.45) is 0.0265. The summed E-state index contributed by atoms with van der Waals surface area (Å²) in [5.41, 5.74) is 2.07. The van der Waals surface area contributed by atoms with Gasteiger partial charge in [0.2, 0.25) is 5.95 Å². The minimum Gasteiger partial charge on any atom is -0.327 e. The van der Waals surface area contributed by atoms with Gasteiger partial charge in [-0.3, -0.25) is 0 Å². The number of benzene rings is 1. The molecule has 3 aromatic rings. The van der Waals surface area contributed by atoms with Gasteiger partial charge in [-0.15, -0.1) is 16.4 Å². The van der Waals surface area contributed by atoms with Gasteiger partial charge in [-0.2, -0.15) is 4.98 Å². The summed E-state index contributed by atoms with van der Waals surface area (Å²) in [6, 6.07) is 9.99. The third kappa shape index (κ3) is 1.89. The smallest absolute Gasteiger partial charge is 0.226 e. The van der Waals surface area contributed by atoms with Crippen LogP contribution in [-0.2, 0) is 0 Å². The summed E-state index contributed by atoms with van der Waals surface area (Å²) >= 11 is 1.64. The second kappa shape index (κ2) is 4.72. The molecule has 1 atom stereocenters. The lowest BCUT2D eigenvalue weighted by atomic mass is 10.2. The van der Waals surface area contributed by atoms with Crippen LogP contribution in [0.4, 0.5) is 5.95 Å². The molecule has 0 fully saturated rings. The predicted octanol–water partition coefficient (Wildman–Crippen LogP) is 3.32. The molecule has 0 aliphatic carbocycles. The summed E-state index contributed by atoms with van der Waals surface area (Å²) < 4.78 is 1.89. The van der Waals surface area contributed by atoms with Crippen molar-refractivity contribution in [2.24, 2.45) is 0 Å². The van der Waals surface area contributed by atoms with Crippen molar-refractivity contribution in [3.8, 4) is 11.4 Å². The molecular weight excluding hydrogens is 270 g/mol. The molecule has 0 saturated carbocycles. The van der Waals surface area contributed by atoms with Crippen molar-refractivity contribution in [1.82, 2.24) is 19.7 Å². The van der Waals surface area contributed by atoms with E-state index in [2.05, 4.69) is 20.4 Å². The number of hydrogen-bond acceptors (Lipinski definition) is 5. The fraction of sp³-hybridized carbons (Fsp3) is 0.214. The summed E-state index contributed by atoms with van der Waals surface area (Å²) in [4.78, 5) is 8.95. The monoisotopic (exact) mass is 285 g/mol. The first-order valence-electron chi connectivity index (χ1n) is 6.02. The van der Waals surface area contributed by atoms with Gasteiger partial charge < -0.3 is 5.32 Å². The van der Waals surface area contributed by atoms with E-state index >= 15 is 0 Å². The normalized spacial score (nSPS) is 15.8. The van der Waals surface area contributed by atoms with Gasteiger partial charge in [0, 0.05) is 16.6 Å². The lowest BCUT2D eigenvalue weighted by molar-refractivity contribution is 0.508. The standard InChI is InChI=1S/C13H11N5S.CH4/c1-8-7-19-12(14-8)11-16-13-15-10(17-18(11)13)9-5-3-2-4-6-9;/h2-7,11H,1H3,(H,15,16,17);1H4. The molecule has 0 spiro atoms. The van der Waals surface area contributed by atoms with E-state index < -0.39 is 0 Å². The second-order valence-electron chi connectivity index (χ2n) is 4.44. The van der Waals surface area contributed by atoms with Gasteiger partial charge >= 0.3 is 0 Å². The van der Waals surface area contributed by atoms with E-state index in [1.807, 2.05) is 47.3 Å². The number of nitrogens with zero attached hydrogens (tertiary/aromatic N) is 4. The molecule has 1 N–H and O–H groups in total. The predicted molar refractivity (Wildman–Crippen MR) is 80.8 cm³/mol. The first-order chi connectivity index (χ1) is 9.31. The van der Waals surface area contributed by atoms with Crippen LogP contribution < -0.4 is 5.32 Å². The molecule has 0 saturated heterocycles. The Kier molecular flexibility index (Phi) is 3.02. The molecule has 1 aliphatic rings. The van der Waals surface area contributed by atoms with Crippen LogP contribution in [0.25, 0.3) is 11.4 Å². The van der Waals surface area contributed by atoms with Gasteiger partial charge in [0.15, 0.2) is 12.0 Å². The number of anilines is 1. The van der Waals surface area contributed by atoms with E-state index in [1.54, 1.807) is 11.3 Å². The molecule has 0 bridgehead atoms. The minimum absolute atomic E-state index is 0. The maximum atomic E-state index is 4.54. The molecule has 20 heavy (non-hydrogen) atoms. The van der Waals surface area contributed by atoms with Crippen molar-refractivity contribution in [2.75, 3.05) is 5.32 Å². The van der Waals surface area contributed by atoms with Gasteiger partial charge in [0.1, 0.15) is 5.01 Å². The molecule has 0 radical (unpaired) electrons. The average Bonchev–Trinajstić information content (AvgIpc) is 2.97. The van der Waals surface area contributed by atoms with Crippen LogP contribution in [0, 0.1) is 6.92 Å². The first kappa shape index (κ1) is 12.8. The summed E-state index contributed by atoms with van der Waals surface area (Å²) in [5, 5.41) is 10.9. The SMILES string of the molecule is C.Cc1csc(C2Nc3nc(-c4ccccc4)nn32)n1. The van der Waals surface area contributed by atoms with Gasteiger partial charge in [-0.25, -0.2) is 9.67 Å². The topological polar surface area (TPSA) is 55.6 Å².